The largest absolute Gasteiger partial charge is 0.390 e. The minimum atomic E-state index is -0.160. The molecule has 0 aromatic carbocycles. The maximum atomic E-state index is 9.25. The van der Waals surface area contributed by atoms with Gasteiger partial charge in [-0.05, 0) is 38.1 Å². The molecule has 0 radical (unpaired) electrons. The fraction of sp³-hybridized carbons (Fsp3) is 0.333. The zero-order valence-corrected chi connectivity index (χ0v) is 12.4. The Morgan fingerprint density at radius 1 is 1.20 bits per heavy atom. The molecule has 2 aromatic heterocycles. The zero-order valence-electron chi connectivity index (χ0n) is 11.7. The van der Waals surface area contributed by atoms with E-state index in [-0.39, 0.29) is 6.61 Å². The number of halogens is 1. The van der Waals surface area contributed by atoms with Crippen molar-refractivity contribution in [3.8, 4) is 0 Å². The molecule has 0 aliphatic carbocycles. The van der Waals surface area contributed by atoms with Crippen LogP contribution in [0, 0.1) is 6.92 Å². The van der Waals surface area contributed by atoms with Crippen LogP contribution in [0.1, 0.15) is 24.0 Å². The molecule has 4 nitrogen and oxygen atoms in total. The van der Waals surface area contributed by atoms with Gasteiger partial charge in [0, 0.05) is 12.2 Å². The van der Waals surface area contributed by atoms with Crippen LogP contribution in [-0.2, 0) is 13.2 Å². The lowest BCUT2D eigenvalue weighted by Crippen LogP contribution is -2.24. The van der Waals surface area contributed by atoms with E-state index in [1.54, 1.807) is 6.07 Å². The number of hydrogen-bond donors (Lipinski definition) is 1. The van der Waals surface area contributed by atoms with E-state index in [9.17, 15) is 5.11 Å². The van der Waals surface area contributed by atoms with E-state index in [0.717, 1.165) is 23.8 Å². The molecule has 2 heterocycles. The summed E-state index contributed by atoms with van der Waals surface area (Å²) >= 11 is 5.97. The molecular formula is C15H18ClN3O. The lowest BCUT2D eigenvalue weighted by Gasteiger charge is -2.22. The van der Waals surface area contributed by atoms with E-state index in [2.05, 4.69) is 21.8 Å². The number of hydrogen-bond acceptors (Lipinski definition) is 4. The van der Waals surface area contributed by atoms with Gasteiger partial charge in [0.25, 0.3) is 0 Å². The van der Waals surface area contributed by atoms with Crippen LogP contribution >= 0.6 is 11.6 Å². The highest BCUT2D eigenvalue weighted by Crippen LogP contribution is 2.20. The SMILES string of the molecule is CCN(Cc1cccc(C)n1)c1ccc(Cl)c(CO)n1. The highest BCUT2D eigenvalue weighted by Gasteiger charge is 2.10. The van der Waals surface area contributed by atoms with Crippen LogP contribution in [0.4, 0.5) is 5.82 Å². The van der Waals surface area contributed by atoms with E-state index in [4.69, 9.17) is 11.6 Å². The predicted molar refractivity (Wildman–Crippen MR) is 80.9 cm³/mol. The van der Waals surface area contributed by atoms with Crippen LogP contribution in [0.3, 0.4) is 0 Å². The molecule has 0 aliphatic rings. The smallest absolute Gasteiger partial charge is 0.129 e. The van der Waals surface area contributed by atoms with Crippen LogP contribution in [0.5, 0.6) is 0 Å². The first kappa shape index (κ1) is 14.8. The van der Waals surface area contributed by atoms with Gasteiger partial charge in [-0.2, -0.15) is 0 Å². The van der Waals surface area contributed by atoms with Crippen molar-refractivity contribution in [1.82, 2.24) is 9.97 Å². The standard InChI is InChI=1S/C15H18ClN3O/c1-3-19(9-12-6-4-5-11(2)17-12)15-8-7-13(16)14(10-20)18-15/h4-8,20H,3,9-10H2,1-2H3. The molecule has 0 aliphatic heterocycles. The maximum absolute atomic E-state index is 9.25. The number of aliphatic hydroxyl groups is 1. The Bertz CT molecular complexity index is 589. The van der Waals surface area contributed by atoms with Crippen molar-refractivity contribution < 1.29 is 5.11 Å². The topological polar surface area (TPSA) is 49.2 Å². The molecule has 0 saturated carbocycles. The monoisotopic (exact) mass is 291 g/mol. The number of nitrogens with zero attached hydrogens (tertiary/aromatic N) is 3. The van der Waals surface area contributed by atoms with Crippen LogP contribution < -0.4 is 4.90 Å². The van der Waals surface area contributed by atoms with Gasteiger partial charge in [-0.3, -0.25) is 4.98 Å². The molecule has 0 spiro atoms. The summed E-state index contributed by atoms with van der Waals surface area (Å²) < 4.78 is 0. The van der Waals surface area contributed by atoms with Crippen molar-refractivity contribution >= 4 is 17.4 Å². The van der Waals surface area contributed by atoms with Crippen molar-refractivity contribution in [3.05, 3.63) is 52.4 Å². The van der Waals surface area contributed by atoms with Crippen LogP contribution in [0.15, 0.2) is 30.3 Å². The van der Waals surface area contributed by atoms with Gasteiger partial charge < -0.3 is 10.0 Å². The van der Waals surface area contributed by atoms with Gasteiger partial charge >= 0.3 is 0 Å². The maximum Gasteiger partial charge on any atom is 0.129 e. The summed E-state index contributed by atoms with van der Waals surface area (Å²) in [4.78, 5) is 11.0. The van der Waals surface area contributed by atoms with Crippen molar-refractivity contribution in [2.75, 3.05) is 11.4 Å². The van der Waals surface area contributed by atoms with Crippen molar-refractivity contribution in [2.24, 2.45) is 0 Å². The van der Waals surface area contributed by atoms with Crippen LogP contribution in [-0.4, -0.2) is 21.6 Å². The summed E-state index contributed by atoms with van der Waals surface area (Å²) in [5.41, 5.74) is 2.49. The van der Waals surface area contributed by atoms with E-state index in [1.165, 1.54) is 0 Å². The first-order chi connectivity index (χ1) is 9.63. The number of aromatic nitrogens is 2. The number of anilines is 1. The summed E-state index contributed by atoms with van der Waals surface area (Å²) in [6.45, 7) is 5.36. The lowest BCUT2D eigenvalue weighted by molar-refractivity contribution is 0.277. The highest BCUT2D eigenvalue weighted by atomic mass is 35.5. The fourth-order valence-corrected chi connectivity index (χ4v) is 2.16. The third kappa shape index (κ3) is 3.46. The Morgan fingerprint density at radius 2 is 2.00 bits per heavy atom. The van der Waals surface area contributed by atoms with Crippen LogP contribution in [0.25, 0.3) is 0 Å². The predicted octanol–water partition coefficient (Wildman–Crippen LogP) is 2.96. The number of aliphatic hydroxyl groups excluding tert-OH is 1. The second kappa shape index (κ2) is 6.68. The number of pyridine rings is 2. The van der Waals surface area contributed by atoms with Crippen molar-refractivity contribution in [1.29, 1.82) is 0 Å². The Balaban J connectivity index is 2.24. The molecule has 0 unspecified atom stereocenters. The van der Waals surface area contributed by atoms with Gasteiger partial charge in [-0.25, -0.2) is 4.98 Å². The molecule has 2 rings (SSSR count). The first-order valence-corrected chi connectivity index (χ1v) is 6.95. The third-order valence-corrected chi connectivity index (χ3v) is 3.40. The van der Waals surface area contributed by atoms with Gasteiger partial charge in [-0.15, -0.1) is 0 Å². The third-order valence-electron chi connectivity index (χ3n) is 3.06. The normalized spacial score (nSPS) is 10.6. The molecule has 1 N–H and O–H groups in total. The Morgan fingerprint density at radius 3 is 2.65 bits per heavy atom. The Hall–Kier alpha value is -1.65. The molecule has 5 heteroatoms. The number of rotatable bonds is 5. The molecule has 0 fully saturated rings. The zero-order chi connectivity index (χ0) is 14.5. The number of aryl methyl sites for hydroxylation is 1. The molecule has 20 heavy (non-hydrogen) atoms. The van der Waals surface area contributed by atoms with E-state index in [1.807, 2.05) is 31.2 Å². The molecule has 0 saturated heterocycles. The van der Waals surface area contributed by atoms with E-state index in [0.29, 0.717) is 17.3 Å². The molecule has 2 aromatic rings. The molecular weight excluding hydrogens is 274 g/mol. The second-order valence-electron chi connectivity index (χ2n) is 4.54. The average Bonchev–Trinajstić information content (AvgIpc) is 2.45. The van der Waals surface area contributed by atoms with Gasteiger partial charge in [0.1, 0.15) is 5.82 Å². The minimum Gasteiger partial charge on any atom is -0.390 e. The van der Waals surface area contributed by atoms with Gasteiger partial charge in [0.15, 0.2) is 0 Å². The average molecular weight is 292 g/mol. The summed E-state index contributed by atoms with van der Waals surface area (Å²) in [6.07, 6.45) is 0. The quantitative estimate of drug-likeness (QED) is 0.920. The molecule has 106 valence electrons. The second-order valence-corrected chi connectivity index (χ2v) is 4.95. The first-order valence-electron chi connectivity index (χ1n) is 6.57. The van der Waals surface area contributed by atoms with Crippen molar-refractivity contribution in [2.45, 2.75) is 27.0 Å². The highest BCUT2D eigenvalue weighted by molar-refractivity contribution is 6.31. The molecule has 0 bridgehead atoms. The summed E-state index contributed by atoms with van der Waals surface area (Å²) in [5.74, 6) is 0.796. The van der Waals surface area contributed by atoms with E-state index >= 15 is 0 Å². The van der Waals surface area contributed by atoms with E-state index < -0.39 is 0 Å². The molecule has 0 amide bonds. The van der Waals surface area contributed by atoms with Crippen molar-refractivity contribution in [3.63, 3.8) is 0 Å². The summed E-state index contributed by atoms with van der Waals surface area (Å²) in [5, 5.41) is 9.73. The fourth-order valence-electron chi connectivity index (χ4n) is 2.00. The Kier molecular flexibility index (Phi) is 4.93. The van der Waals surface area contributed by atoms with Gasteiger partial charge in [0.05, 0.1) is 29.6 Å². The summed E-state index contributed by atoms with van der Waals surface area (Å²) in [6, 6.07) is 9.60. The molecule has 0 atom stereocenters. The minimum absolute atomic E-state index is 0.160. The van der Waals surface area contributed by atoms with Crippen LogP contribution in [0.2, 0.25) is 5.02 Å². The van der Waals surface area contributed by atoms with Gasteiger partial charge in [-0.1, -0.05) is 17.7 Å². The lowest BCUT2D eigenvalue weighted by atomic mass is 10.3. The Labute approximate surface area is 124 Å². The summed E-state index contributed by atoms with van der Waals surface area (Å²) in [7, 11) is 0. The van der Waals surface area contributed by atoms with Gasteiger partial charge in [0.2, 0.25) is 0 Å².